The monoisotopic (exact) mass is 1820 g/mol. The minimum Gasteiger partial charge on any atom is -0.243 e. The summed E-state index contributed by atoms with van der Waals surface area (Å²) in [5, 5.41) is 91.0. The van der Waals surface area contributed by atoms with Gasteiger partial charge in [-0.2, -0.15) is 111 Å². The summed E-state index contributed by atoms with van der Waals surface area (Å²) < 4.78 is 204. The summed E-state index contributed by atoms with van der Waals surface area (Å²) >= 11 is 0. The summed E-state index contributed by atoms with van der Waals surface area (Å²) in [5.74, 6) is 15.8. The molecule has 13 heterocycles. The van der Waals surface area contributed by atoms with Crippen molar-refractivity contribution in [1.82, 2.24) is 0 Å². The molecule has 0 radical (unpaired) electrons. The van der Waals surface area contributed by atoms with E-state index in [9.17, 15) is 70.2 Å². The van der Waals surface area contributed by atoms with Crippen molar-refractivity contribution in [3.05, 3.63) is 0 Å². The molecule has 0 spiro atoms. The Bertz CT molecular complexity index is 4580. The molecule has 0 aromatic heterocycles. The summed E-state index contributed by atoms with van der Waals surface area (Å²) in [4.78, 5) is 0. The first kappa shape index (κ1) is 115. The molecule has 0 aliphatic carbocycles. The second-order valence-electron chi connectivity index (χ2n) is 29.6. The molecular weight excluding hydrogens is 1710 g/mol. The zero-order chi connectivity index (χ0) is 99.0. The highest BCUT2D eigenvalue weighted by Crippen LogP contribution is 2.51. The molecule has 0 bridgehead atoms. The van der Waals surface area contributed by atoms with Crippen LogP contribution in [0.2, 0.25) is 0 Å². The number of hydrogen-bond acceptors (Lipinski definition) is 26. The second kappa shape index (κ2) is 49.5. The topological polar surface area (TPSA) is 321 Å². The average Bonchev–Trinajstić information content (AvgIpc) is 1.60. The van der Waals surface area contributed by atoms with Crippen LogP contribution in [-0.2, 0) is 0 Å². The molecule has 8 atom stereocenters. The molecule has 13 aliphatic rings. The first-order valence-electron chi connectivity index (χ1n) is 40.7. The lowest BCUT2D eigenvalue weighted by atomic mass is 9.98. The van der Waals surface area contributed by atoms with Crippen LogP contribution in [-0.4, -0.2) is 147 Å². The van der Waals surface area contributed by atoms with Crippen LogP contribution in [0.3, 0.4) is 0 Å². The van der Waals surface area contributed by atoms with Gasteiger partial charge >= 0.3 is 23.4 Å². The van der Waals surface area contributed by atoms with E-state index in [-0.39, 0.29) is 61.9 Å². The van der Waals surface area contributed by atoms with Crippen molar-refractivity contribution in [2.45, 2.75) is 384 Å². The predicted octanol–water partition coefficient (Wildman–Crippen LogP) is 24.6. The SMILES string of the molecule is C#CC(F)(F)C1(CC)N=N1.C#CC(F)C1(C(C)F)N=N1.C#CC(F)C1(CC)N=N1.C#CC1(C(C)(F)F)N=N1.C#CC1(C(C)F)N=N1.C#CC1(CC)N=N1.C#CCC(F)(F)C1(CCC)N=N1.C#CCC(F)C1(C(F)CC)N=N1.C#CCC(F)C1(CCC)N=N1.C#CCC1(CC)N=N1.C#CCCC1(C(F)(F)CC)N=N1.C#CCCC1(C(F)CC)N=N1.C#CCCC1(CCC)N=N1. The molecule has 13 rings (SSSR count). The third-order valence-corrected chi connectivity index (χ3v) is 20.1. The van der Waals surface area contributed by atoms with Crippen LogP contribution < -0.4 is 0 Å². The Hall–Kier alpha value is -12.0. The first-order valence-corrected chi connectivity index (χ1v) is 40.7. The maximum atomic E-state index is 13.1. The molecule has 42 heteroatoms. The Labute approximate surface area is 745 Å². The highest BCUT2D eigenvalue weighted by Gasteiger charge is 2.64. The van der Waals surface area contributed by atoms with Gasteiger partial charge < -0.3 is 0 Å². The Kier molecular flexibility index (Phi) is 44.1. The maximum Gasteiger partial charge on any atom is 0.355 e. The lowest BCUT2D eigenvalue weighted by Crippen LogP contribution is -2.36. The highest BCUT2D eigenvalue weighted by atomic mass is 19.3. The summed E-state index contributed by atoms with van der Waals surface area (Å²) in [6.45, 7) is 21.4. The Balaban J connectivity index is 0.000000700. The summed E-state index contributed by atoms with van der Waals surface area (Å²) in [6.07, 6.45) is 64.2. The molecule has 0 aromatic rings. The largest absolute Gasteiger partial charge is 0.355 e. The van der Waals surface area contributed by atoms with Crippen LogP contribution in [0.15, 0.2) is 133 Å². The number of hydrogen-bond donors (Lipinski definition) is 0. The first-order chi connectivity index (χ1) is 60.5. The van der Waals surface area contributed by atoms with E-state index in [0.29, 0.717) is 58.3 Å². The predicted molar refractivity (Wildman–Crippen MR) is 452 cm³/mol. The summed E-state index contributed by atoms with van der Waals surface area (Å²) in [6, 6.07) is 0. The zero-order valence-electron chi connectivity index (χ0n) is 74.1. The minimum atomic E-state index is -3.21. The van der Waals surface area contributed by atoms with Gasteiger partial charge in [0.25, 0.3) is 39.9 Å². The molecule has 0 amide bonds. The molecule has 0 N–H and O–H groups in total. The quantitative estimate of drug-likeness (QED) is 0.0422. The van der Waals surface area contributed by atoms with Crippen molar-refractivity contribution >= 4 is 0 Å². The van der Waals surface area contributed by atoms with E-state index >= 15 is 0 Å². The number of alkyl halides is 16. The molecular formula is C87H106F16N26. The van der Waals surface area contributed by atoms with E-state index in [0.717, 1.165) is 44.9 Å². The smallest absolute Gasteiger partial charge is 0.243 e. The number of rotatable bonds is 35. The van der Waals surface area contributed by atoms with Crippen molar-refractivity contribution in [3.63, 3.8) is 0 Å². The van der Waals surface area contributed by atoms with Crippen LogP contribution in [0.5, 0.6) is 0 Å². The van der Waals surface area contributed by atoms with Gasteiger partial charge in [-0.05, 0) is 76.1 Å². The molecule has 13 aliphatic heterocycles. The lowest BCUT2D eigenvalue weighted by Gasteiger charge is -2.19. The fourth-order valence-electron chi connectivity index (χ4n) is 10.0. The van der Waals surface area contributed by atoms with E-state index in [1.54, 1.807) is 26.7 Å². The summed E-state index contributed by atoms with van der Waals surface area (Å²) in [7, 11) is 0. The zero-order valence-corrected chi connectivity index (χ0v) is 74.1. The Morgan fingerprint density at radius 3 is 0.977 bits per heavy atom. The lowest BCUT2D eigenvalue weighted by molar-refractivity contribution is -0.0499. The molecule has 129 heavy (non-hydrogen) atoms. The van der Waals surface area contributed by atoms with Gasteiger partial charge in [0, 0.05) is 84.0 Å². The van der Waals surface area contributed by atoms with Gasteiger partial charge in [0.15, 0.2) is 36.5 Å². The van der Waals surface area contributed by atoms with E-state index < -0.39 is 136 Å². The van der Waals surface area contributed by atoms with Gasteiger partial charge in [-0.15, -0.1) is 156 Å². The normalized spacial score (nSPS) is 21.1. The maximum absolute atomic E-state index is 13.1. The minimum absolute atomic E-state index is 0.0406. The molecule has 8 unspecified atom stereocenters. The van der Waals surface area contributed by atoms with Crippen LogP contribution in [0.1, 0.15) is 238 Å². The van der Waals surface area contributed by atoms with Crippen molar-refractivity contribution in [1.29, 1.82) is 0 Å². The van der Waals surface area contributed by atoms with Crippen molar-refractivity contribution < 1.29 is 70.2 Å². The Morgan fingerprint density at radius 2 is 0.760 bits per heavy atom. The van der Waals surface area contributed by atoms with Crippen molar-refractivity contribution in [3.8, 4) is 160 Å². The van der Waals surface area contributed by atoms with Crippen LogP contribution >= 0.6 is 0 Å². The van der Waals surface area contributed by atoms with Crippen molar-refractivity contribution in [2.24, 2.45) is 133 Å². The highest BCUT2D eigenvalue weighted by molar-refractivity contribution is 5.24. The molecule has 0 fully saturated rings. The fourth-order valence-corrected chi connectivity index (χ4v) is 10.0. The van der Waals surface area contributed by atoms with Gasteiger partial charge in [-0.3, -0.25) is 0 Å². The molecule has 696 valence electrons. The fraction of sp³-hybridized carbons (Fsp3) is 0.701. The van der Waals surface area contributed by atoms with Crippen LogP contribution in [0, 0.1) is 160 Å². The van der Waals surface area contributed by atoms with Gasteiger partial charge in [0.2, 0.25) is 40.7 Å². The standard InChI is InChI=1S/3C8H10F2N2.2C8H11FN2.C8H12N2.2C6H6F2N2.C6H7FN2.C6H8N2.C5H4F2N2.C5H5FN2.C5H6N2/c1-3-5-6-8(11-12-8)7(9,10)4-2;1-3-5-7(9,10)8(6-4-2)11-12-8;1-3-5-7(10)8(11-12-8)6(9)4-2;1-3-5-6-8(10-11-8)7(9)4-2;1-3-5-7(9)8(6-4-2)10-11-8;1-3-5-7-8(6-4-2)9-10-8;1-3-5(7,8)6(4-2)9-10-6;1-3-5(8)6(4(2)7)9-10-6;1-3-5(7)6(4-2)8-9-6;1-3-5-6(4-2)7-8-6;1-3-5(8-9-5)4(2,6)7;1-3-5(4(2)6)7-8-5;1-3-5(4-2)6-7-5/h2*1H,4-6H2,2H3;1,6-7H,4-5H2,2H3;2*1,7H,4-6H2,2H3;1H,4-7H2,2H3;1H,4H2,2H3;1,4-5H,2H3;1,5H,4H2,2H3;1H,4-5H2,2H3;1H,2H3;1,4H,2H3;1H,4H2,2H3. The van der Waals surface area contributed by atoms with Gasteiger partial charge in [0.1, 0.15) is 6.17 Å². The third-order valence-electron chi connectivity index (χ3n) is 20.1. The van der Waals surface area contributed by atoms with Crippen LogP contribution in [0.25, 0.3) is 0 Å². The van der Waals surface area contributed by atoms with Crippen molar-refractivity contribution in [2.75, 3.05) is 0 Å². The van der Waals surface area contributed by atoms with Gasteiger partial charge in [0.05, 0.1) is 12.8 Å². The van der Waals surface area contributed by atoms with Gasteiger partial charge in [-0.1, -0.05) is 100 Å². The molecule has 26 nitrogen and oxygen atoms in total. The molecule has 0 saturated heterocycles. The van der Waals surface area contributed by atoms with E-state index in [2.05, 4.69) is 194 Å². The molecule has 0 aromatic carbocycles. The van der Waals surface area contributed by atoms with E-state index in [1.165, 1.54) is 26.7 Å². The number of halogens is 16. The average molecular weight is 1820 g/mol. The van der Waals surface area contributed by atoms with Gasteiger partial charge in [-0.25, -0.2) is 61.5 Å². The van der Waals surface area contributed by atoms with E-state index in [4.69, 9.17) is 77.1 Å². The Morgan fingerprint density at radius 1 is 0.326 bits per heavy atom. The second-order valence-corrected chi connectivity index (χ2v) is 29.6. The van der Waals surface area contributed by atoms with E-state index in [1.807, 2.05) is 52.4 Å². The van der Waals surface area contributed by atoms with Crippen LogP contribution in [0.4, 0.5) is 70.2 Å². The number of terminal acetylenes is 13. The summed E-state index contributed by atoms with van der Waals surface area (Å²) in [5.41, 5.74) is -13.4. The third kappa shape index (κ3) is 33.2. The molecule has 0 saturated carbocycles. The number of nitrogens with zero attached hydrogens (tertiary/aromatic N) is 26.